The third kappa shape index (κ3) is 3.95. The van der Waals surface area contributed by atoms with Crippen LogP contribution in [0.4, 0.5) is 0 Å². The lowest BCUT2D eigenvalue weighted by Gasteiger charge is -2.22. The summed E-state index contributed by atoms with van der Waals surface area (Å²) < 4.78 is 0. The lowest BCUT2D eigenvalue weighted by Crippen LogP contribution is -2.48. The summed E-state index contributed by atoms with van der Waals surface area (Å²) in [5.41, 5.74) is 5.38. The fourth-order valence-corrected chi connectivity index (χ4v) is 1.49. The smallest absolute Gasteiger partial charge is 0.289 e. The fourth-order valence-electron chi connectivity index (χ4n) is 1.18. The van der Waals surface area contributed by atoms with Crippen LogP contribution in [0.5, 0.6) is 0 Å². The van der Waals surface area contributed by atoms with Gasteiger partial charge in [0.25, 0.3) is 5.91 Å². The van der Waals surface area contributed by atoms with Gasteiger partial charge in [-0.05, 0) is 26.1 Å². The molecule has 17 heavy (non-hydrogen) atoms. The summed E-state index contributed by atoms with van der Waals surface area (Å²) >= 11 is 5.11. The van der Waals surface area contributed by atoms with Gasteiger partial charge in [-0.25, -0.2) is 4.98 Å². The second-order valence-corrected chi connectivity index (χ2v) is 3.53. The van der Waals surface area contributed by atoms with E-state index >= 15 is 0 Å². The van der Waals surface area contributed by atoms with Crippen LogP contribution >= 0.6 is 12.2 Å². The number of aromatic nitrogens is 2. The first-order valence-corrected chi connectivity index (χ1v) is 5.71. The first kappa shape index (κ1) is 13.3. The molecular formula is C10H15N5OS. The highest BCUT2D eigenvalue weighted by molar-refractivity contribution is 7.80. The third-order valence-electron chi connectivity index (χ3n) is 2.13. The molecule has 0 unspecified atom stereocenters. The number of hydrogen-bond acceptors (Lipinski definition) is 4. The number of carbonyl (C=O) groups is 1. The van der Waals surface area contributed by atoms with E-state index in [2.05, 4.69) is 20.8 Å². The SMILES string of the molecule is CCN(CC)C(=S)NNC(=O)c1cnccn1. The zero-order valence-corrected chi connectivity index (χ0v) is 10.6. The van der Waals surface area contributed by atoms with Gasteiger partial charge in [-0.3, -0.25) is 20.6 Å². The predicted molar refractivity (Wildman–Crippen MR) is 68.2 cm³/mol. The molecule has 0 saturated carbocycles. The van der Waals surface area contributed by atoms with Crippen molar-refractivity contribution in [2.24, 2.45) is 0 Å². The number of amides is 1. The molecule has 1 amide bonds. The van der Waals surface area contributed by atoms with E-state index in [4.69, 9.17) is 12.2 Å². The van der Waals surface area contributed by atoms with Crippen LogP contribution in [0, 0.1) is 0 Å². The van der Waals surface area contributed by atoms with Crippen molar-refractivity contribution in [1.29, 1.82) is 0 Å². The van der Waals surface area contributed by atoms with Crippen molar-refractivity contribution >= 4 is 23.2 Å². The van der Waals surface area contributed by atoms with E-state index in [-0.39, 0.29) is 11.6 Å². The third-order valence-corrected chi connectivity index (χ3v) is 2.49. The molecule has 0 saturated heterocycles. The van der Waals surface area contributed by atoms with Gasteiger partial charge >= 0.3 is 0 Å². The second kappa shape index (κ2) is 6.74. The van der Waals surface area contributed by atoms with Crippen LogP contribution in [0.2, 0.25) is 0 Å². The second-order valence-electron chi connectivity index (χ2n) is 3.15. The summed E-state index contributed by atoms with van der Waals surface area (Å²) in [6.07, 6.45) is 4.35. The molecule has 7 heteroatoms. The molecule has 0 aromatic carbocycles. The molecule has 0 spiro atoms. The Bertz CT molecular complexity index is 380. The van der Waals surface area contributed by atoms with Crippen molar-refractivity contribution in [3.8, 4) is 0 Å². The van der Waals surface area contributed by atoms with E-state index < -0.39 is 0 Å². The molecule has 1 aromatic heterocycles. The fraction of sp³-hybridized carbons (Fsp3) is 0.400. The monoisotopic (exact) mass is 253 g/mol. The minimum atomic E-state index is -0.368. The quantitative estimate of drug-likeness (QED) is 0.598. The van der Waals surface area contributed by atoms with Gasteiger partial charge < -0.3 is 4.90 Å². The van der Waals surface area contributed by atoms with E-state index in [1.807, 2.05) is 18.7 Å². The summed E-state index contributed by atoms with van der Waals surface area (Å²) in [4.78, 5) is 21.2. The first-order chi connectivity index (χ1) is 8.19. The molecule has 0 atom stereocenters. The van der Waals surface area contributed by atoms with Crippen LogP contribution in [-0.4, -0.2) is 39.0 Å². The van der Waals surface area contributed by atoms with Gasteiger partial charge in [-0.1, -0.05) is 0 Å². The standard InChI is InChI=1S/C10H15N5OS/c1-3-15(4-2)10(17)14-13-9(16)8-7-11-5-6-12-8/h5-7H,3-4H2,1-2H3,(H,13,16)(H,14,17). The van der Waals surface area contributed by atoms with Gasteiger partial charge in [-0.2, -0.15) is 0 Å². The molecule has 1 aromatic rings. The maximum atomic E-state index is 11.6. The minimum Gasteiger partial charge on any atom is -0.348 e. The van der Waals surface area contributed by atoms with Crippen LogP contribution < -0.4 is 10.9 Å². The molecule has 6 nitrogen and oxygen atoms in total. The average molecular weight is 253 g/mol. The summed E-state index contributed by atoms with van der Waals surface area (Å²) in [6.45, 7) is 5.54. The Balaban J connectivity index is 2.46. The number of rotatable bonds is 3. The normalized spacial score (nSPS) is 9.53. The summed E-state index contributed by atoms with van der Waals surface area (Å²) in [5.74, 6) is -0.368. The number of hydrogen-bond donors (Lipinski definition) is 2. The first-order valence-electron chi connectivity index (χ1n) is 5.30. The Kier molecular flexibility index (Phi) is 5.28. The molecule has 0 radical (unpaired) electrons. The van der Waals surface area contributed by atoms with Crippen molar-refractivity contribution in [2.75, 3.05) is 13.1 Å². The molecular weight excluding hydrogens is 238 g/mol. The minimum absolute atomic E-state index is 0.238. The Morgan fingerprint density at radius 2 is 2.06 bits per heavy atom. The highest BCUT2D eigenvalue weighted by atomic mass is 32.1. The predicted octanol–water partition coefficient (Wildman–Crippen LogP) is 0.338. The molecule has 0 aliphatic carbocycles. The molecule has 0 aliphatic rings. The maximum absolute atomic E-state index is 11.6. The molecule has 0 bridgehead atoms. The van der Waals surface area contributed by atoms with E-state index in [0.717, 1.165) is 13.1 Å². The van der Waals surface area contributed by atoms with Gasteiger partial charge in [0, 0.05) is 25.5 Å². The van der Waals surface area contributed by atoms with Crippen molar-refractivity contribution in [3.05, 3.63) is 24.3 Å². The number of thiocarbonyl (C=S) groups is 1. The van der Waals surface area contributed by atoms with Crippen molar-refractivity contribution in [1.82, 2.24) is 25.7 Å². The van der Waals surface area contributed by atoms with Crippen molar-refractivity contribution in [2.45, 2.75) is 13.8 Å². The van der Waals surface area contributed by atoms with E-state index in [0.29, 0.717) is 5.11 Å². The summed E-state index contributed by atoms with van der Waals surface area (Å²) in [6, 6.07) is 0. The lowest BCUT2D eigenvalue weighted by atomic mass is 10.4. The zero-order chi connectivity index (χ0) is 12.7. The molecule has 0 fully saturated rings. The van der Waals surface area contributed by atoms with E-state index in [1.165, 1.54) is 18.6 Å². The van der Waals surface area contributed by atoms with Crippen molar-refractivity contribution in [3.63, 3.8) is 0 Å². The molecule has 92 valence electrons. The highest BCUT2D eigenvalue weighted by Gasteiger charge is 2.09. The lowest BCUT2D eigenvalue weighted by molar-refractivity contribution is 0.0937. The number of hydrazine groups is 1. The Morgan fingerprint density at radius 1 is 1.35 bits per heavy atom. The van der Waals surface area contributed by atoms with Gasteiger partial charge in [-0.15, -0.1) is 0 Å². The summed E-state index contributed by atoms with van der Waals surface area (Å²) in [7, 11) is 0. The van der Waals surface area contributed by atoms with Crippen LogP contribution in [-0.2, 0) is 0 Å². The van der Waals surface area contributed by atoms with E-state index in [9.17, 15) is 4.79 Å². The Labute approximate surface area is 105 Å². The molecule has 0 aliphatic heterocycles. The van der Waals surface area contributed by atoms with Gasteiger partial charge in [0.1, 0.15) is 5.69 Å². The van der Waals surface area contributed by atoms with Crippen LogP contribution in [0.25, 0.3) is 0 Å². The highest BCUT2D eigenvalue weighted by Crippen LogP contribution is 1.90. The van der Waals surface area contributed by atoms with Crippen LogP contribution in [0.3, 0.4) is 0 Å². The Hall–Kier alpha value is -1.76. The number of carbonyl (C=O) groups excluding carboxylic acids is 1. The van der Waals surface area contributed by atoms with Crippen molar-refractivity contribution < 1.29 is 4.79 Å². The topological polar surface area (TPSA) is 70.2 Å². The molecule has 1 rings (SSSR count). The van der Waals surface area contributed by atoms with Crippen LogP contribution in [0.1, 0.15) is 24.3 Å². The average Bonchev–Trinajstić information content (AvgIpc) is 2.38. The number of nitrogens with zero attached hydrogens (tertiary/aromatic N) is 3. The van der Waals surface area contributed by atoms with E-state index in [1.54, 1.807) is 0 Å². The van der Waals surface area contributed by atoms with Gasteiger partial charge in [0.05, 0.1) is 6.20 Å². The largest absolute Gasteiger partial charge is 0.348 e. The van der Waals surface area contributed by atoms with Gasteiger partial charge in [0.15, 0.2) is 5.11 Å². The summed E-state index contributed by atoms with van der Waals surface area (Å²) in [5, 5.41) is 0.479. The van der Waals surface area contributed by atoms with Gasteiger partial charge in [0.2, 0.25) is 0 Å². The maximum Gasteiger partial charge on any atom is 0.289 e. The Morgan fingerprint density at radius 3 is 2.59 bits per heavy atom. The number of nitrogens with one attached hydrogen (secondary N) is 2. The molecule has 2 N–H and O–H groups in total. The van der Waals surface area contributed by atoms with Crippen LogP contribution in [0.15, 0.2) is 18.6 Å². The zero-order valence-electron chi connectivity index (χ0n) is 9.80. The molecule has 1 heterocycles.